The van der Waals surface area contributed by atoms with E-state index in [0.717, 1.165) is 28.2 Å². The van der Waals surface area contributed by atoms with Gasteiger partial charge in [-0.1, -0.05) is 37.9 Å². The van der Waals surface area contributed by atoms with E-state index in [-0.39, 0.29) is 0 Å². The number of benzene rings is 1. The molecule has 88 valence electrons. The van der Waals surface area contributed by atoms with E-state index >= 15 is 0 Å². The predicted octanol–water partition coefficient (Wildman–Crippen LogP) is 4.78. The second-order valence-corrected chi connectivity index (χ2v) is 5.82. The topological polar surface area (TPSA) is 12.9 Å². The van der Waals surface area contributed by atoms with Gasteiger partial charge in [0.25, 0.3) is 0 Å². The van der Waals surface area contributed by atoms with E-state index in [0.29, 0.717) is 0 Å². The summed E-state index contributed by atoms with van der Waals surface area (Å²) in [5, 5.41) is 0. The number of rotatable bonds is 4. The molecule has 0 radical (unpaired) electrons. The number of pyridine rings is 1. The van der Waals surface area contributed by atoms with Crippen LogP contribution in [-0.4, -0.2) is 4.98 Å². The van der Waals surface area contributed by atoms with Crippen LogP contribution in [0.4, 0.5) is 0 Å². The maximum absolute atomic E-state index is 4.12. The van der Waals surface area contributed by atoms with Crippen molar-refractivity contribution in [2.75, 3.05) is 0 Å². The molecule has 0 aliphatic heterocycles. The first-order valence-electron chi connectivity index (χ1n) is 5.58. The van der Waals surface area contributed by atoms with Crippen molar-refractivity contribution in [2.45, 2.75) is 19.3 Å². The van der Waals surface area contributed by atoms with Crippen LogP contribution in [0, 0.1) is 0 Å². The van der Waals surface area contributed by atoms with Crippen LogP contribution in [0.5, 0.6) is 0 Å². The van der Waals surface area contributed by atoms with Gasteiger partial charge in [0.15, 0.2) is 0 Å². The molecule has 0 unspecified atom stereocenters. The minimum atomic E-state index is 1.08. The Balaban J connectivity index is 1.90. The van der Waals surface area contributed by atoms with Gasteiger partial charge in [0, 0.05) is 21.3 Å². The van der Waals surface area contributed by atoms with Crippen molar-refractivity contribution in [1.82, 2.24) is 4.98 Å². The van der Waals surface area contributed by atoms with Gasteiger partial charge in [-0.05, 0) is 54.7 Å². The van der Waals surface area contributed by atoms with E-state index in [2.05, 4.69) is 61.1 Å². The molecular formula is C14H13Br2N. The number of nitrogens with zero attached hydrogens (tertiary/aromatic N) is 1. The molecule has 3 heteroatoms. The largest absolute Gasteiger partial charge is 0.264 e. The third-order valence-electron chi connectivity index (χ3n) is 2.58. The lowest BCUT2D eigenvalue weighted by Gasteiger charge is -2.04. The third-order valence-corrected chi connectivity index (χ3v) is 3.49. The van der Waals surface area contributed by atoms with Crippen LogP contribution < -0.4 is 0 Å². The Morgan fingerprint density at radius 3 is 2.29 bits per heavy atom. The molecule has 1 nitrogen and oxygen atoms in total. The van der Waals surface area contributed by atoms with Crippen molar-refractivity contribution < 1.29 is 0 Å². The van der Waals surface area contributed by atoms with Crippen molar-refractivity contribution in [2.24, 2.45) is 0 Å². The molecule has 0 aliphatic carbocycles. The standard InChI is InChI=1S/C14H13Br2N/c15-13-7-12(8-14(16)9-13)4-1-3-11-5-2-6-17-10-11/h2,5-10H,1,3-4H2. The van der Waals surface area contributed by atoms with Crippen molar-refractivity contribution in [1.29, 1.82) is 0 Å². The SMILES string of the molecule is Brc1cc(Br)cc(CCCc2cccnc2)c1. The van der Waals surface area contributed by atoms with E-state index in [9.17, 15) is 0 Å². The van der Waals surface area contributed by atoms with Gasteiger partial charge in [0.2, 0.25) is 0 Å². The summed E-state index contributed by atoms with van der Waals surface area (Å²) in [5.74, 6) is 0. The van der Waals surface area contributed by atoms with Crippen LogP contribution in [0.2, 0.25) is 0 Å². The lowest BCUT2D eigenvalue weighted by atomic mass is 10.1. The summed E-state index contributed by atoms with van der Waals surface area (Å²) in [7, 11) is 0. The molecule has 1 aromatic heterocycles. The van der Waals surface area contributed by atoms with Gasteiger partial charge in [-0.2, -0.15) is 0 Å². The lowest BCUT2D eigenvalue weighted by Crippen LogP contribution is -1.91. The number of hydrogen-bond donors (Lipinski definition) is 0. The van der Waals surface area contributed by atoms with Gasteiger partial charge >= 0.3 is 0 Å². The molecule has 2 rings (SSSR count). The summed E-state index contributed by atoms with van der Waals surface area (Å²) >= 11 is 7.02. The van der Waals surface area contributed by atoms with Crippen LogP contribution in [-0.2, 0) is 12.8 Å². The van der Waals surface area contributed by atoms with Crippen molar-refractivity contribution in [3.8, 4) is 0 Å². The molecule has 0 saturated heterocycles. The second kappa shape index (κ2) is 6.31. The van der Waals surface area contributed by atoms with Gasteiger partial charge in [-0.3, -0.25) is 4.98 Å². The van der Waals surface area contributed by atoms with E-state index < -0.39 is 0 Å². The zero-order valence-corrected chi connectivity index (χ0v) is 12.5. The zero-order valence-electron chi connectivity index (χ0n) is 9.37. The molecule has 0 fully saturated rings. The molecular weight excluding hydrogens is 342 g/mol. The van der Waals surface area contributed by atoms with E-state index in [1.54, 1.807) is 0 Å². The van der Waals surface area contributed by atoms with E-state index in [1.807, 2.05) is 18.5 Å². The zero-order chi connectivity index (χ0) is 12.1. The Kier molecular flexibility index (Phi) is 4.75. The fourth-order valence-electron chi connectivity index (χ4n) is 1.80. The average molecular weight is 355 g/mol. The summed E-state index contributed by atoms with van der Waals surface area (Å²) in [6, 6.07) is 10.5. The molecule has 1 aromatic carbocycles. The first kappa shape index (κ1) is 12.8. The fourth-order valence-corrected chi connectivity index (χ4v) is 3.19. The summed E-state index contributed by atoms with van der Waals surface area (Å²) in [6.07, 6.45) is 7.07. The third kappa shape index (κ3) is 4.25. The number of aromatic nitrogens is 1. The van der Waals surface area contributed by atoms with Gasteiger partial charge in [0.05, 0.1) is 0 Å². The van der Waals surface area contributed by atoms with Crippen molar-refractivity contribution in [3.05, 3.63) is 62.8 Å². The molecule has 0 amide bonds. The Hall–Kier alpha value is -0.670. The van der Waals surface area contributed by atoms with Gasteiger partial charge < -0.3 is 0 Å². The summed E-state index contributed by atoms with van der Waals surface area (Å²) in [5.41, 5.74) is 2.66. The molecule has 0 atom stereocenters. The van der Waals surface area contributed by atoms with Gasteiger partial charge in [-0.15, -0.1) is 0 Å². The maximum atomic E-state index is 4.12. The highest BCUT2D eigenvalue weighted by Gasteiger charge is 1.99. The van der Waals surface area contributed by atoms with Crippen LogP contribution in [0.1, 0.15) is 17.5 Å². The highest BCUT2D eigenvalue weighted by atomic mass is 79.9. The van der Waals surface area contributed by atoms with Crippen LogP contribution in [0.3, 0.4) is 0 Å². The molecule has 0 bridgehead atoms. The smallest absolute Gasteiger partial charge is 0.0299 e. The fraction of sp³-hybridized carbons (Fsp3) is 0.214. The summed E-state index contributed by atoms with van der Waals surface area (Å²) in [6.45, 7) is 0. The van der Waals surface area contributed by atoms with Crippen LogP contribution >= 0.6 is 31.9 Å². The van der Waals surface area contributed by atoms with Gasteiger partial charge in [0.1, 0.15) is 0 Å². The highest BCUT2D eigenvalue weighted by Crippen LogP contribution is 2.21. The molecule has 0 N–H and O–H groups in total. The van der Waals surface area contributed by atoms with Crippen molar-refractivity contribution in [3.63, 3.8) is 0 Å². The van der Waals surface area contributed by atoms with Gasteiger partial charge in [-0.25, -0.2) is 0 Å². The lowest BCUT2D eigenvalue weighted by molar-refractivity contribution is 0.816. The van der Waals surface area contributed by atoms with Crippen LogP contribution in [0.25, 0.3) is 0 Å². The van der Waals surface area contributed by atoms with Crippen molar-refractivity contribution >= 4 is 31.9 Å². The maximum Gasteiger partial charge on any atom is 0.0299 e. The Morgan fingerprint density at radius 2 is 1.65 bits per heavy atom. The van der Waals surface area contributed by atoms with E-state index in [1.165, 1.54) is 11.1 Å². The monoisotopic (exact) mass is 353 g/mol. The first-order chi connectivity index (χ1) is 8.24. The normalized spacial score (nSPS) is 10.5. The molecule has 0 spiro atoms. The molecule has 17 heavy (non-hydrogen) atoms. The van der Waals surface area contributed by atoms with E-state index in [4.69, 9.17) is 0 Å². The molecule has 2 aromatic rings. The Labute approximate surface area is 119 Å². The predicted molar refractivity (Wildman–Crippen MR) is 78.1 cm³/mol. The minimum absolute atomic E-state index is 1.08. The quantitative estimate of drug-likeness (QED) is 0.769. The molecule has 0 aliphatic rings. The minimum Gasteiger partial charge on any atom is -0.264 e. The molecule has 1 heterocycles. The number of aryl methyl sites for hydroxylation is 2. The highest BCUT2D eigenvalue weighted by molar-refractivity contribution is 9.11. The summed E-state index contributed by atoms with van der Waals surface area (Å²) in [4.78, 5) is 4.12. The van der Waals surface area contributed by atoms with Crippen LogP contribution in [0.15, 0.2) is 51.7 Å². The number of hydrogen-bond acceptors (Lipinski definition) is 1. The number of halogens is 2. The second-order valence-electron chi connectivity index (χ2n) is 3.99. The average Bonchev–Trinajstić information content (AvgIpc) is 2.29. The summed E-state index contributed by atoms with van der Waals surface area (Å²) < 4.78 is 2.26. The Bertz CT molecular complexity index is 463. The Morgan fingerprint density at radius 1 is 0.941 bits per heavy atom. The first-order valence-corrected chi connectivity index (χ1v) is 7.16. The molecule has 0 saturated carbocycles.